The van der Waals surface area contributed by atoms with Crippen LogP contribution in [-0.4, -0.2) is 15.0 Å². The van der Waals surface area contributed by atoms with Crippen LogP contribution in [0.25, 0.3) is 0 Å². The zero-order chi connectivity index (χ0) is 12.3. The van der Waals surface area contributed by atoms with E-state index in [2.05, 4.69) is 20.3 Å². The number of hydrogen-bond acceptors (Lipinski definition) is 5. The van der Waals surface area contributed by atoms with Gasteiger partial charge in [0.25, 0.3) is 5.56 Å². The number of anilines is 2. The van der Waals surface area contributed by atoms with Gasteiger partial charge in [0, 0.05) is 6.20 Å². The zero-order valence-corrected chi connectivity index (χ0v) is 9.34. The fourth-order valence-corrected chi connectivity index (χ4v) is 1.44. The van der Waals surface area contributed by atoms with Gasteiger partial charge in [-0.1, -0.05) is 6.07 Å². The van der Waals surface area contributed by atoms with Crippen molar-refractivity contribution in [3.63, 3.8) is 0 Å². The monoisotopic (exact) mass is 231 g/mol. The standard InChI is InChI=1S/C11H13N5O/c1-7(8-4-2-3-5-13-8)16-10-9(12)11(17)15-6-14-10/h2-7H,12H2,1H3,(H2,14,15,16,17). The Bertz CT molecular complexity index is 551. The second kappa shape index (κ2) is 4.65. The third kappa shape index (κ3) is 2.41. The Hall–Kier alpha value is -2.37. The summed E-state index contributed by atoms with van der Waals surface area (Å²) in [5.41, 5.74) is 6.20. The maximum Gasteiger partial charge on any atom is 0.276 e. The van der Waals surface area contributed by atoms with Crippen LogP contribution in [0.2, 0.25) is 0 Å². The molecule has 1 atom stereocenters. The van der Waals surface area contributed by atoms with Gasteiger partial charge >= 0.3 is 0 Å². The highest BCUT2D eigenvalue weighted by Gasteiger charge is 2.10. The first-order chi connectivity index (χ1) is 8.18. The van der Waals surface area contributed by atoms with Crippen LogP contribution >= 0.6 is 0 Å². The van der Waals surface area contributed by atoms with Crippen molar-refractivity contribution in [1.29, 1.82) is 0 Å². The number of aromatic amines is 1. The third-order valence-electron chi connectivity index (χ3n) is 2.37. The lowest BCUT2D eigenvalue weighted by molar-refractivity contribution is 0.830. The Morgan fingerprint density at radius 2 is 2.24 bits per heavy atom. The molecule has 0 aromatic carbocycles. The molecule has 0 saturated carbocycles. The number of nitrogens with one attached hydrogen (secondary N) is 2. The highest BCUT2D eigenvalue weighted by atomic mass is 16.1. The van der Waals surface area contributed by atoms with E-state index in [0.29, 0.717) is 5.82 Å². The molecule has 0 radical (unpaired) electrons. The number of rotatable bonds is 3. The van der Waals surface area contributed by atoms with Crippen molar-refractivity contribution in [1.82, 2.24) is 15.0 Å². The van der Waals surface area contributed by atoms with Crippen LogP contribution in [0.15, 0.2) is 35.5 Å². The molecule has 2 rings (SSSR count). The first-order valence-electron chi connectivity index (χ1n) is 5.19. The Morgan fingerprint density at radius 1 is 1.41 bits per heavy atom. The summed E-state index contributed by atoms with van der Waals surface area (Å²) in [6.45, 7) is 1.92. The second-order valence-electron chi connectivity index (χ2n) is 3.61. The van der Waals surface area contributed by atoms with Crippen LogP contribution in [0.3, 0.4) is 0 Å². The Morgan fingerprint density at radius 3 is 2.94 bits per heavy atom. The van der Waals surface area contributed by atoms with E-state index in [9.17, 15) is 4.79 Å². The van der Waals surface area contributed by atoms with Crippen molar-refractivity contribution in [3.05, 3.63) is 46.8 Å². The van der Waals surface area contributed by atoms with E-state index in [1.807, 2.05) is 25.1 Å². The van der Waals surface area contributed by atoms with E-state index in [1.165, 1.54) is 6.33 Å². The SMILES string of the molecule is CC(Nc1nc[nH]c(=O)c1N)c1ccccn1. The Kier molecular flexibility index (Phi) is 3.04. The first kappa shape index (κ1) is 11.1. The van der Waals surface area contributed by atoms with E-state index >= 15 is 0 Å². The largest absolute Gasteiger partial charge is 0.391 e. The molecule has 0 aliphatic carbocycles. The van der Waals surface area contributed by atoms with Crippen molar-refractivity contribution < 1.29 is 0 Å². The molecule has 2 aromatic heterocycles. The lowest BCUT2D eigenvalue weighted by Gasteiger charge is -2.14. The average molecular weight is 231 g/mol. The molecular weight excluding hydrogens is 218 g/mol. The van der Waals surface area contributed by atoms with Crippen LogP contribution in [0.4, 0.5) is 11.5 Å². The van der Waals surface area contributed by atoms with Gasteiger partial charge in [0.2, 0.25) is 0 Å². The normalized spacial score (nSPS) is 12.1. The summed E-state index contributed by atoms with van der Waals surface area (Å²) in [5.74, 6) is 0.368. The number of nitrogens with zero attached hydrogens (tertiary/aromatic N) is 2. The van der Waals surface area contributed by atoms with Crippen molar-refractivity contribution >= 4 is 11.5 Å². The Balaban J connectivity index is 2.22. The first-order valence-corrected chi connectivity index (χ1v) is 5.19. The van der Waals surface area contributed by atoms with Crippen LogP contribution < -0.4 is 16.6 Å². The number of hydrogen-bond donors (Lipinski definition) is 3. The van der Waals surface area contributed by atoms with Crippen LogP contribution in [0.1, 0.15) is 18.7 Å². The summed E-state index contributed by atoms with van der Waals surface area (Å²) in [7, 11) is 0. The van der Waals surface area contributed by atoms with Crippen LogP contribution in [0, 0.1) is 0 Å². The lowest BCUT2D eigenvalue weighted by atomic mass is 10.2. The minimum absolute atomic E-state index is 0.0761. The summed E-state index contributed by atoms with van der Waals surface area (Å²) in [5, 5.41) is 3.05. The van der Waals surface area contributed by atoms with Gasteiger partial charge in [-0.25, -0.2) is 4.98 Å². The molecule has 88 valence electrons. The van der Waals surface area contributed by atoms with Gasteiger partial charge in [-0.2, -0.15) is 0 Å². The minimum Gasteiger partial charge on any atom is -0.391 e. The molecule has 0 spiro atoms. The van der Waals surface area contributed by atoms with E-state index in [-0.39, 0.29) is 17.3 Å². The summed E-state index contributed by atoms with van der Waals surface area (Å²) >= 11 is 0. The molecule has 6 nitrogen and oxygen atoms in total. The zero-order valence-electron chi connectivity index (χ0n) is 9.34. The second-order valence-corrected chi connectivity index (χ2v) is 3.61. The predicted molar refractivity (Wildman–Crippen MR) is 65.5 cm³/mol. The fraction of sp³-hybridized carbons (Fsp3) is 0.182. The number of nitrogen functional groups attached to an aromatic ring is 1. The lowest BCUT2D eigenvalue weighted by Crippen LogP contribution is -2.18. The number of pyridine rings is 1. The quantitative estimate of drug-likeness (QED) is 0.729. The number of nitrogens with two attached hydrogens (primary N) is 1. The third-order valence-corrected chi connectivity index (χ3v) is 2.37. The van der Waals surface area contributed by atoms with Crippen LogP contribution in [-0.2, 0) is 0 Å². The highest BCUT2D eigenvalue weighted by molar-refractivity contribution is 5.59. The van der Waals surface area contributed by atoms with E-state index < -0.39 is 0 Å². The smallest absolute Gasteiger partial charge is 0.276 e. The summed E-state index contributed by atoms with van der Waals surface area (Å²) in [6, 6.07) is 5.56. The van der Waals surface area contributed by atoms with Crippen molar-refractivity contribution in [3.8, 4) is 0 Å². The van der Waals surface area contributed by atoms with Gasteiger partial charge in [0.05, 0.1) is 18.1 Å². The van der Waals surface area contributed by atoms with E-state index in [1.54, 1.807) is 6.20 Å². The molecule has 0 fully saturated rings. The topological polar surface area (TPSA) is 96.7 Å². The number of aromatic nitrogens is 3. The molecule has 2 heterocycles. The molecule has 0 aliphatic heterocycles. The molecule has 2 aromatic rings. The predicted octanol–water partition coefficient (Wildman–Crippen LogP) is 0.920. The van der Waals surface area contributed by atoms with Gasteiger partial charge in [-0.15, -0.1) is 0 Å². The maximum atomic E-state index is 11.3. The minimum atomic E-state index is -0.351. The van der Waals surface area contributed by atoms with Crippen molar-refractivity contribution in [2.24, 2.45) is 0 Å². The van der Waals surface area contributed by atoms with E-state index in [4.69, 9.17) is 5.73 Å². The van der Waals surface area contributed by atoms with Gasteiger partial charge < -0.3 is 16.0 Å². The van der Waals surface area contributed by atoms with E-state index in [0.717, 1.165) is 5.69 Å². The molecule has 6 heteroatoms. The average Bonchev–Trinajstić information content (AvgIpc) is 2.36. The highest BCUT2D eigenvalue weighted by Crippen LogP contribution is 2.17. The van der Waals surface area contributed by atoms with Gasteiger partial charge in [0.15, 0.2) is 5.82 Å². The molecule has 0 aliphatic rings. The maximum absolute atomic E-state index is 11.3. The molecular formula is C11H13N5O. The fourth-order valence-electron chi connectivity index (χ4n) is 1.44. The van der Waals surface area contributed by atoms with Gasteiger partial charge in [0.1, 0.15) is 5.69 Å². The summed E-state index contributed by atoms with van der Waals surface area (Å²) in [4.78, 5) is 21.9. The number of H-pyrrole nitrogens is 1. The van der Waals surface area contributed by atoms with Gasteiger partial charge in [-0.05, 0) is 19.1 Å². The summed E-state index contributed by atoms with van der Waals surface area (Å²) < 4.78 is 0. The summed E-state index contributed by atoms with van der Waals surface area (Å²) in [6.07, 6.45) is 3.02. The molecule has 0 amide bonds. The molecule has 4 N–H and O–H groups in total. The molecule has 0 bridgehead atoms. The van der Waals surface area contributed by atoms with Gasteiger partial charge in [-0.3, -0.25) is 9.78 Å². The molecule has 1 unspecified atom stereocenters. The van der Waals surface area contributed by atoms with Crippen molar-refractivity contribution in [2.45, 2.75) is 13.0 Å². The molecule has 0 saturated heterocycles. The molecule has 17 heavy (non-hydrogen) atoms. The Labute approximate surface area is 97.9 Å². The van der Waals surface area contributed by atoms with Crippen molar-refractivity contribution in [2.75, 3.05) is 11.1 Å². The van der Waals surface area contributed by atoms with Crippen LogP contribution in [0.5, 0.6) is 0 Å².